The van der Waals surface area contributed by atoms with Crippen molar-refractivity contribution in [1.82, 2.24) is 5.32 Å². The third kappa shape index (κ3) is 4.75. The number of carbonyl (C=O) groups excluding carboxylic acids is 2. The molecule has 31 heavy (non-hydrogen) atoms. The van der Waals surface area contributed by atoms with Crippen LogP contribution in [0.25, 0.3) is 0 Å². The van der Waals surface area contributed by atoms with Crippen LogP contribution in [0.1, 0.15) is 36.0 Å². The van der Waals surface area contributed by atoms with Crippen molar-refractivity contribution in [2.75, 3.05) is 0 Å². The molecule has 158 valence electrons. The van der Waals surface area contributed by atoms with Crippen LogP contribution in [0.2, 0.25) is 0 Å². The van der Waals surface area contributed by atoms with Gasteiger partial charge in [0.2, 0.25) is 11.8 Å². The van der Waals surface area contributed by atoms with Crippen molar-refractivity contribution in [2.24, 2.45) is 5.73 Å². The minimum Gasteiger partial charge on any atom is -0.368 e. The molecular weight excluding hydrogens is 384 g/mol. The Labute approximate surface area is 183 Å². The highest BCUT2D eigenvalue weighted by atomic mass is 16.2. The van der Waals surface area contributed by atoms with Gasteiger partial charge in [-0.25, -0.2) is 0 Å². The SMILES string of the molecule is C=CCCC[C@@H](NC(=O)C(c1ccccc1)(c1ccccc1)c1ccccc1)C(N)=O. The Morgan fingerprint density at radius 1 is 0.839 bits per heavy atom. The van der Waals surface area contributed by atoms with E-state index in [1.807, 2.05) is 91.0 Å². The van der Waals surface area contributed by atoms with Crippen molar-refractivity contribution in [2.45, 2.75) is 30.7 Å². The first-order valence-electron chi connectivity index (χ1n) is 10.5. The van der Waals surface area contributed by atoms with Crippen molar-refractivity contribution < 1.29 is 9.59 Å². The molecule has 0 unspecified atom stereocenters. The van der Waals surface area contributed by atoms with Gasteiger partial charge in [-0.2, -0.15) is 0 Å². The molecule has 0 aliphatic heterocycles. The Morgan fingerprint density at radius 3 is 1.61 bits per heavy atom. The first-order chi connectivity index (χ1) is 15.1. The van der Waals surface area contributed by atoms with Crippen LogP contribution in [0.3, 0.4) is 0 Å². The third-order valence-corrected chi connectivity index (χ3v) is 5.51. The summed E-state index contributed by atoms with van der Waals surface area (Å²) < 4.78 is 0. The smallest absolute Gasteiger partial charge is 0.240 e. The third-order valence-electron chi connectivity index (χ3n) is 5.51. The molecular formula is C27H28N2O2. The summed E-state index contributed by atoms with van der Waals surface area (Å²) in [5.74, 6) is -0.820. The molecule has 4 heteroatoms. The average molecular weight is 413 g/mol. The van der Waals surface area contributed by atoms with Gasteiger partial charge in [-0.1, -0.05) is 97.1 Å². The molecule has 3 aromatic rings. The predicted octanol–water partition coefficient (Wildman–Crippen LogP) is 4.35. The minimum atomic E-state index is -1.13. The second-order valence-electron chi connectivity index (χ2n) is 7.50. The normalized spacial score (nSPS) is 12.0. The topological polar surface area (TPSA) is 72.2 Å². The van der Waals surface area contributed by atoms with E-state index >= 15 is 0 Å². The molecule has 0 spiro atoms. The second kappa shape index (κ2) is 10.4. The fourth-order valence-corrected chi connectivity index (χ4v) is 3.98. The van der Waals surface area contributed by atoms with Crippen LogP contribution >= 0.6 is 0 Å². The Kier molecular flexibility index (Phi) is 7.39. The zero-order valence-electron chi connectivity index (χ0n) is 17.5. The highest BCUT2D eigenvalue weighted by molar-refractivity contribution is 5.98. The number of nitrogens with one attached hydrogen (secondary N) is 1. The number of hydrogen-bond donors (Lipinski definition) is 2. The second-order valence-corrected chi connectivity index (χ2v) is 7.50. The van der Waals surface area contributed by atoms with Crippen LogP contribution in [0, 0.1) is 0 Å². The maximum atomic E-state index is 14.1. The summed E-state index contributed by atoms with van der Waals surface area (Å²) in [4.78, 5) is 26.2. The number of rotatable bonds is 10. The number of benzene rings is 3. The molecule has 3 N–H and O–H groups in total. The number of hydrogen-bond acceptors (Lipinski definition) is 2. The lowest BCUT2D eigenvalue weighted by Crippen LogP contribution is -2.53. The Bertz CT molecular complexity index is 905. The van der Waals surface area contributed by atoms with Gasteiger partial charge < -0.3 is 11.1 Å². The number of carbonyl (C=O) groups is 2. The van der Waals surface area contributed by atoms with Crippen LogP contribution in [-0.2, 0) is 15.0 Å². The van der Waals surface area contributed by atoms with Gasteiger partial charge in [-0.15, -0.1) is 6.58 Å². The van der Waals surface area contributed by atoms with Crippen molar-refractivity contribution in [1.29, 1.82) is 0 Å². The summed E-state index contributed by atoms with van der Waals surface area (Å²) in [5.41, 5.74) is 6.97. The molecule has 2 amide bonds. The zero-order chi connectivity index (χ0) is 22.1. The maximum absolute atomic E-state index is 14.1. The van der Waals surface area contributed by atoms with Gasteiger partial charge in [0.15, 0.2) is 0 Å². The van der Waals surface area contributed by atoms with Gasteiger partial charge >= 0.3 is 0 Å². The van der Waals surface area contributed by atoms with Crippen molar-refractivity contribution >= 4 is 11.8 Å². The van der Waals surface area contributed by atoms with E-state index in [9.17, 15) is 9.59 Å². The minimum absolute atomic E-state index is 0.279. The lowest BCUT2D eigenvalue weighted by Gasteiger charge is -2.35. The first kappa shape index (κ1) is 22.0. The van der Waals surface area contributed by atoms with E-state index in [1.54, 1.807) is 6.08 Å². The lowest BCUT2D eigenvalue weighted by atomic mass is 9.68. The van der Waals surface area contributed by atoms with Gasteiger partial charge in [0.05, 0.1) is 0 Å². The molecule has 0 aromatic heterocycles. The summed E-state index contributed by atoms with van der Waals surface area (Å²) in [6, 6.07) is 28.1. The van der Waals surface area contributed by atoms with Gasteiger partial charge in [-0.3, -0.25) is 9.59 Å². The molecule has 0 fully saturated rings. The molecule has 4 nitrogen and oxygen atoms in total. The molecule has 1 atom stereocenters. The summed E-state index contributed by atoms with van der Waals surface area (Å²) in [6.07, 6.45) is 3.72. The average Bonchev–Trinajstić information content (AvgIpc) is 2.81. The van der Waals surface area contributed by atoms with Crippen molar-refractivity contribution in [3.05, 3.63) is 120 Å². The molecule has 0 saturated heterocycles. The van der Waals surface area contributed by atoms with Crippen LogP contribution in [0.4, 0.5) is 0 Å². The molecule has 0 radical (unpaired) electrons. The fraction of sp³-hybridized carbons (Fsp3) is 0.185. The van der Waals surface area contributed by atoms with Crippen LogP contribution < -0.4 is 11.1 Å². The van der Waals surface area contributed by atoms with Gasteiger partial charge in [0.25, 0.3) is 0 Å². The van der Waals surface area contributed by atoms with Crippen molar-refractivity contribution in [3.63, 3.8) is 0 Å². The Hall–Kier alpha value is -3.66. The lowest BCUT2D eigenvalue weighted by molar-refractivity contribution is -0.129. The molecule has 3 aromatic carbocycles. The summed E-state index contributed by atoms with van der Waals surface area (Å²) >= 11 is 0. The molecule has 0 saturated carbocycles. The van der Waals surface area contributed by atoms with Gasteiger partial charge in [0.1, 0.15) is 11.5 Å². The number of unbranched alkanes of at least 4 members (excludes halogenated alkanes) is 1. The van der Waals surface area contributed by atoms with Crippen LogP contribution in [0.15, 0.2) is 104 Å². The molecule has 0 aliphatic rings. The summed E-state index contributed by atoms with van der Waals surface area (Å²) in [7, 11) is 0. The number of primary amides is 1. The van der Waals surface area contributed by atoms with E-state index in [4.69, 9.17) is 5.73 Å². The van der Waals surface area contributed by atoms with Gasteiger partial charge in [-0.05, 0) is 36.0 Å². The van der Waals surface area contributed by atoms with Gasteiger partial charge in [0, 0.05) is 0 Å². The molecule has 3 rings (SSSR count). The number of amides is 2. The standard InChI is InChI=1S/C27H28N2O2/c1-2-3-7-20-24(25(28)30)29-26(31)27(21-14-8-4-9-15-21,22-16-10-5-11-17-22)23-18-12-6-13-19-23/h2,4-6,8-19,24H,1,3,7,20H2,(H2,28,30)(H,29,31)/t24-/m1/s1. The summed E-state index contributed by atoms with van der Waals surface area (Å²) in [6.45, 7) is 3.72. The molecule has 0 bridgehead atoms. The van der Waals surface area contributed by atoms with E-state index in [0.717, 1.165) is 23.1 Å². The molecule has 0 heterocycles. The predicted molar refractivity (Wildman–Crippen MR) is 124 cm³/mol. The van der Waals surface area contributed by atoms with E-state index in [1.165, 1.54) is 0 Å². The summed E-state index contributed by atoms with van der Waals surface area (Å²) in [5, 5.41) is 2.96. The van der Waals surface area contributed by atoms with Crippen LogP contribution in [0.5, 0.6) is 0 Å². The maximum Gasteiger partial charge on any atom is 0.240 e. The van der Waals surface area contributed by atoms with E-state index in [0.29, 0.717) is 12.8 Å². The Morgan fingerprint density at radius 2 is 1.26 bits per heavy atom. The largest absolute Gasteiger partial charge is 0.368 e. The van der Waals surface area contributed by atoms with E-state index in [2.05, 4.69) is 11.9 Å². The van der Waals surface area contributed by atoms with Crippen molar-refractivity contribution in [3.8, 4) is 0 Å². The highest BCUT2D eigenvalue weighted by Crippen LogP contribution is 2.39. The fourth-order valence-electron chi connectivity index (χ4n) is 3.98. The van der Waals surface area contributed by atoms with E-state index < -0.39 is 17.4 Å². The molecule has 0 aliphatic carbocycles. The first-order valence-corrected chi connectivity index (χ1v) is 10.5. The highest BCUT2D eigenvalue weighted by Gasteiger charge is 2.44. The Balaban J connectivity index is 2.16. The zero-order valence-corrected chi connectivity index (χ0v) is 17.5. The monoisotopic (exact) mass is 412 g/mol. The number of nitrogens with two attached hydrogens (primary N) is 1. The number of allylic oxidation sites excluding steroid dienone is 1. The van der Waals surface area contributed by atoms with E-state index in [-0.39, 0.29) is 5.91 Å². The van der Waals surface area contributed by atoms with Crippen LogP contribution in [-0.4, -0.2) is 17.9 Å². The quantitative estimate of drug-likeness (QED) is 0.295.